The first-order valence-electron chi connectivity index (χ1n) is 9.36. The zero-order valence-electron chi connectivity index (χ0n) is 17.0. The van der Waals surface area contributed by atoms with Crippen molar-refractivity contribution >= 4 is 45.8 Å². The van der Waals surface area contributed by atoms with Crippen molar-refractivity contribution < 1.29 is 19.1 Å². The number of carbonyl (C=O) groups excluding carboxylic acids is 2. The first kappa shape index (κ1) is 22.6. The van der Waals surface area contributed by atoms with Crippen molar-refractivity contribution in [1.29, 1.82) is 0 Å². The minimum absolute atomic E-state index is 0.103. The topological polar surface area (TPSA) is 102 Å². The van der Waals surface area contributed by atoms with E-state index in [9.17, 15) is 9.59 Å². The molecular weight excluding hydrogens is 436 g/mol. The summed E-state index contributed by atoms with van der Waals surface area (Å²) in [5.41, 5.74) is 1.71. The van der Waals surface area contributed by atoms with Gasteiger partial charge in [0.2, 0.25) is 11.0 Å². The number of amides is 1. The third kappa shape index (κ3) is 6.69. The van der Waals surface area contributed by atoms with Gasteiger partial charge >= 0.3 is 5.97 Å². The highest BCUT2D eigenvalue weighted by Gasteiger charge is 2.22. The van der Waals surface area contributed by atoms with Crippen LogP contribution in [0.4, 0.5) is 10.8 Å². The second-order valence-corrected chi connectivity index (χ2v) is 8.52. The van der Waals surface area contributed by atoms with Crippen LogP contribution in [0.3, 0.4) is 0 Å². The Morgan fingerprint density at radius 1 is 1.06 bits per heavy atom. The van der Waals surface area contributed by atoms with Gasteiger partial charge in [-0.1, -0.05) is 65.6 Å². The largest absolute Gasteiger partial charge is 0.495 e. The molecule has 1 amide bonds. The average Bonchev–Trinajstić information content (AvgIpc) is 3.25. The fourth-order valence-corrected chi connectivity index (χ4v) is 4.31. The van der Waals surface area contributed by atoms with E-state index in [1.54, 1.807) is 7.11 Å². The maximum Gasteiger partial charge on any atom is 0.328 e. The van der Waals surface area contributed by atoms with Gasteiger partial charge in [0.25, 0.3) is 0 Å². The van der Waals surface area contributed by atoms with Gasteiger partial charge < -0.3 is 20.1 Å². The predicted octanol–water partition coefficient (Wildman–Crippen LogP) is 3.28. The first-order chi connectivity index (χ1) is 15.1. The number of nitrogens with one attached hydrogen (secondary N) is 2. The van der Waals surface area contributed by atoms with Crippen molar-refractivity contribution in [2.75, 3.05) is 25.3 Å². The molecule has 0 aliphatic heterocycles. The van der Waals surface area contributed by atoms with Gasteiger partial charge in [-0.15, -0.1) is 10.2 Å². The van der Waals surface area contributed by atoms with Crippen LogP contribution in [0.15, 0.2) is 58.9 Å². The Balaban J connectivity index is 1.54. The molecule has 1 aromatic heterocycles. The summed E-state index contributed by atoms with van der Waals surface area (Å²) in [4.78, 5) is 24.5. The number of methoxy groups -OCH3 is 2. The number of esters is 1. The van der Waals surface area contributed by atoms with Crippen LogP contribution >= 0.6 is 23.1 Å². The van der Waals surface area contributed by atoms with Crippen molar-refractivity contribution in [3.8, 4) is 5.75 Å². The molecule has 8 nitrogen and oxygen atoms in total. The van der Waals surface area contributed by atoms with E-state index in [0.29, 0.717) is 21.6 Å². The second-order valence-electron chi connectivity index (χ2n) is 6.32. The number of hydrogen-bond donors (Lipinski definition) is 2. The number of nitrogens with zero attached hydrogens (tertiary/aromatic N) is 2. The Kier molecular flexibility index (Phi) is 8.25. The lowest BCUT2D eigenvalue weighted by Crippen LogP contribution is -2.43. The number of hydrogen-bond acceptors (Lipinski definition) is 9. The van der Waals surface area contributed by atoms with E-state index in [1.807, 2.05) is 54.6 Å². The summed E-state index contributed by atoms with van der Waals surface area (Å²) in [6, 6.07) is 16.2. The third-order valence-corrected chi connectivity index (χ3v) is 6.16. The molecule has 3 aromatic rings. The molecule has 2 aromatic carbocycles. The van der Waals surface area contributed by atoms with Gasteiger partial charge in [0, 0.05) is 6.42 Å². The Labute approximate surface area is 188 Å². The average molecular weight is 459 g/mol. The van der Waals surface area contributed by atoms with Gasteiger partial charge in [-0.25, -0.2) is 4.79 Å². The molecule has 10 heteroatoms. The molecule has 1 atom stereocenters. The van der Waals surface area contributed by atoms with Crippen LogP contribution < -0.4 is 15.4 Å². The number of thioether (sulfide) groups is 1. The van der Waals surface area contributed by atoms with Crippen LogP contribution in [0.2, 0.25) is 0 Å². The Hall–Kier alpha value is -3.11. The highest BCUT2D eigenvalue weighted by atomic mass is 32.2. The van der Waals surface area contributed by atoms with Crippen LogP contribution in [0, 0.1) is 0 Å². The molecule has 0 radical (unpaired) electrons. The molecule has 3 rings (SSSR count). The summed E-state index contributed by atoms with van der Waals surface area (Å²) in [6.07, 6.45) is 0.357. The molecule has 0 saturated heterocycles. The van der Waals surface area contributed by atoms with Gasteiger partial charge in [0.1, 0.15) is 11.8 Å². The van der Waals surface area contributed by atoms with Gasteiger partial charge in [-0.2, -0.15) is 0 Å². The molecular formula is C21H22N4O4S2. The standard InChI is InChI=1S/C21H22N4O4S2/c1-28-17-11-7-6-10-15(17)23-20-24-25-21(31-20)30-13-18(26)22-16(19(27)29-2)12-14-8-4-3-5-9-14/h3-11,16H,12-13H2,1-2H3,(H,22,26)(H,23,24)/t16-/m1/s1. The number of rotatable bonds is 10. The quantitative estimate of drug-likeness (QED) is 0.353. The number of benzene rings is 2. The summed E-state index contributed by atoms with van der Waals surface area (Å²) < 4.78 is 10.8. The molecule has 0 saturated carbocycles. The van der Waals surface area contributed by atoms with E-state index in [2.05, 4.69) is 20.8 Å². The summed E-state index contributed by atoms with van der Waals surface area (Å²) in [7, 11) is 2.90. The Morgan fingerprint density at radius 2 is 1.81 bits per heavy atom. The van der Waals surface area contributed by atoms with Gasteiger partial charge in [-0.3, -0.25) is 4.79 Å². The number of ether oxygens (including phenoxy) is 2. The maximum atomic E-state index is 12.4. The molecule has 2 N–H and O–H groups in total. The molecule has 0 aliphatic rings. The van der Waals surface area contributed by atoms with Crippen LogP contribution in [-0.4, -0.2) is 48.1 Å². The number of para-hydroxylation sites is 2. The maximum absolute atomic E-state index is 12.4. The number of carbonyl (C=O) groups is 2. The highest BCUT2D eigenvalue weighted by Crippen LogP contribution is 2.31. The SMILES string of the molecule is COC(=O)[C@@H](Cc1ccccc1)NC(=O)CSc1nnc(Nc2ccccc2OC)s1. The van der Waals surface area contributed by atoms with Crippen LogP contribution in [0.5, 0.6) is 5.75 Å². The summed E-state index contributed by atoms with van der Waals surface area (Å²) >= 11 is 2.57. The van der Waals surface area contributed by atoms with Crippen molar-refractivity contribution in [3.05, 3.63) is 60.2 Å². The monoisotopic (exact) mass is 458 g/mol. The smallest absolute Gasteiger partial charge is 0.328 e. The minimum Gasteiger partial charge on any atom is -0.495 e. The molecule has 0 fully saturated rings. The minimum atomic E-state index is -0.752. The molecule has 1 heterocycles. The van der Waals surface area contributed by atoms with Crippen LogP contribution in [-0.2, 0) is 20.7 Å². The second kappa shape index (κ2) is 11.3. The van der Waals surface area contributed by atoms with E-state index >= 15 is 0 Å². The molecule has 0 spiro atoms. The normalized spacial score (nSPS) is 11.4. The predicted molar refractivity (Wildman–Crippen MR) is 121 cm³/mol. The van der Waals surface area contributed by atoms with Crippen molar-refractivity contribution in [2.24, 2.45) is 0 Å². The third-order valence-electron chi connectivity index (χ3n) is 4.19. The zero-order valence-corrected chi connectivity index (χ0v) is 18.7. The van der Waals surface area contributed by atoms with E-state index in [-0.39, 0.29) is 11.7 Å². The molecule has 0 bridgehead atoms. The fraction of sp³-hybridized carbons (Fsp3) is 0.238. The molecule has 31 heavy (non-hydrogen) atoms. The Bertz CT molecular complexity index is 1010. The highest BCUT2D eigenvalue weighted by molar-refractivity contribution is 8.01. The van der Waals surface area contributed by atoms with Crippen molar-refractivity contribution in [2.45, 2.75) is 16.8 Å². The summed E-state index contributed by atoms with van der Waals surface area (Å²) in [6.45, 7) is 0. The summed E-state index contributed by atoms with van der Waals surface area (Å²) in [5, 5.41) is 14.7. The lowest BCUT2D eigenvalue weighted by atomic mass is 10.1. The number of aromatic nitrogens is 2. The van der Waals surface area contributed by atoms with E-state index in [1.165, 1.54) is 30.2 Å². The number of anilines is 2. The van der Waals surface area contributed by atoms with Crippen LogP contribution in [0.25, 0.3) is 0 Å². The lowest BCUT2D eigenvalue weighted by molar-refractivity contribution is -0.144. The van der Waals surface area contributed by atoms with E-state index < -0.39 is 12.0 Å². The van der Waals surface area contributed by atoms with Gasteiger partial charge in [0.05, 0.1) is 25.7 Å². The Morgan fingerprint density at radius 3 is 2.55 bits per heavy atom. The van der Waals surface area contributed by atoms with Crippen molar-refractivity contribution in [3.63, 3.8) is 0 Å². The zero-order chi connectivity index (χ0) is 22.1. The lowest BCUT2D eigenvalue weighted by Gasteiger charge is -2.16. The molecule has 162 valence electrons. The molecule has 0 aliphatic carbocycles. The van der Waals surface area contributed by atoms with Gasteiger partial charge in [0.15, 0.2) is 4.34 Å². The fourth-order valence-electron chi connectivity index (χ4n) is 2.73. The summed E-state index contributed by atoms with van der Waals surface area (Å²) in [5.74, 6) is 0.0247. The van der Waals surface area contributed by atoms with Crippen molar-refractivity contribution in [1.82, 2.24) is 15.5 Å². The molecule has 0 unspecified atom stereocenters. The van der Waals surface area contributed by atoms with Gasteiger partial charge in [-0.05, 0) is 17.7 Å². The van der Waals surface area contributed by atoms with E-state index in [0.717, 1.165) is 11.3 Å². The first-order valence-corrected chi connectivity index (χ1v) is 11.2. The van der Waals surface area contributed by atoms with E-state index in [4.69, 9.17) is 9.47 Å². The van der Waals surface area contributed by atoms with Crippen LogP contribution in [0.1, 0.15) is 5.56 Å².